The van der Waals surface area contributed by atoms with E-state index in [1.54, 1.807) is 0 Å². The van der Waals surface area contributed by atoms with E-state index in [2.05, 4.69) is 58.3 Å². The number of rotatable bonds is 3. The summed E-state index contributed by atoms with van der Waals surface area (Å²) < 4.78 is 1.26. The van der Waals surface area contributed by atoms with Gasteiger partial charge in [0.05, 0.1) is 26.2 Å². The van der Waals surface area contributed by atoms with Gasteiger partial charge >= 0.3 is 0 Å². The molecule has 0 amide bonds. The van der Waals surface area contributed by atoms with Crippen LogP contribution in [0.5, 0.6) is 0 Å². The van der Waals surface area contributed by atoms with Crippen molar-refractivity contribution in [2.24, 2.45) is 5.92 Å². The summed E-state index contributed by atoms with van der Waals surface area (Å²) in [4.78, 5) is 5.71. The van der Waals surface area contributed by atoms with Gasteiger partial charge in [0.15, 0.2) is 0 Å². The molecule has 2 bridgehead atoms. The molecular formula is C21H28NS2+. The zero-order valence-corrected chi connectivity index (χ0v) is 16.8. The highest BCUT2D eigenvalue weighted by molar-refractivity contribution is 7.15. The maximum atomic E-state index is 2.63. The molecule has 2 unspecified atom stereocenters. The summed E-state index contributed by atoms with van der Waals surface area (Å²) in [7, 11) is 4.91. The maximum Gasteiger partial charge on any atom is 0.0896 e. The van der Waals surface area contributed by atoms with Crippen LogP contribution in [0.2, 0.25) is 0 Å². The average Bonchev–Trinajstić information content (AvgIpc) is 3.15. The van der Waals surface area contributed by atoms with E-state index in [-0.39, 0.29) is 0 Å². The molecule has 4 rings (SSSR count). The van der Waals surface area contributed by atoms with Crippen LogP contribution in [-0.2, 0) is 0 Å². The lowest BCUT2D eigenvalue weighted by atomic mass is 9.87. The summed E-state index contributed by atoms with van der Waals surface area (Å²) in [5.41, 5.74) is 1.49. The highest BCUT2D eigenvalue weighted by atomic mass is 32.1. The fourth-order valence-corrected chi connectivity index (χ4v) is 6.62. The minimum absolute atomic E-state index is 0.744. The number of quaternary nitrogens is 1. The first-order valence-electron chi connectivity index (χ1n) is 9.12. The number of piperidine rings is 1. The molecule has 2 atom stereocenters. The standard InChI is InChI=1S/C21H28NS2/c1-14-5-9-20(23-14)19(21-10-6-15(2)24-21)13-16-11-17-7-8-18(12-16)22(17,3)4/h5-6,9-10,13,16-18H,7-8,11-12H2,1-4H3/q+1. The van der Waals surface area contributed by atoms with Gasteiger partial charge in [0.2, 0.25) is 0 Å². The third-order valence-corrected chi connectivity index (χ3v) is 8.35. The Morgan fingerprint density at radius 1 is 0.917 bits per heavy atom. The molecule has 0 radical (unpaired) electrons. The summed E-state index contributed by atoms with van der Waals surface area (Å²) in [5.74, 6) is 0.744. The molecule has 1 nitrogen and oxygen atoms in total. The van der Waals surface area contributed by atoms with Crippen molar-refractivity contribution in [2.45, 2.75) is 51.6 Å². The second kappa shape index (κ2) is 6.12. The highest BCUT2D eigenvalue weighted by Crippen LogP contribution is 2.44. The van der Waals surface area contributed by atoms with Crippen LogP contribution in [0.25, 0.3) is 5.57 Å². The van der Waals surface area contributed by atoms with Crippen molar-refractivity contribution in [1.82, 2.24) is 0 Å². The zero-order valence-electron chi connectivity index (χ0n) is 15.2. The predicted molar refractivity (Wildman–Crippen MR) is 107 cm³/mol. The number of nitrogens with zero attached hydrogens (tertiary/aromatic N) is 1. The molecule has 2 fully saturated rings. The molecule has 0 saturated carbocycles. The molecule has 0 spiro atoms. The van der Waals surface area contributed by atoms with Gasteiger partial charge in [0.1, 0.15) is 0 Å². The van der Waals surface area contributed by atoms with Crippen molar-refractivity contribution in [3.05, 3.63) is 49.9 Å². The second-order valence-corrected chi connectivity index (χ2v) is 10.7. The Morgan fingerprint density at radius 3 is 1.83 bits per heavy atom. The fraction of sp³-hybridized carbons (Fsp3) is 0.524. The van der Waals surface area contributed by atoms with E-state index >= 15 is 0 Å². The van der Waals surface area contributed by atoms with E-state index in [0.29, 0.717) is 0 Å². The molecule has 0 aliphatic carbocycles. The molecule has 24 heavy (non-hydrogen) atoms. The molecule has 4 heterocycles. The quantitative estimate of drug-likeness (QED) is 0.601. The van der Waals surface area contributed by atoms with Crippen LogP contribution in [-0.4, -0.2) is 30.7 Å². The third-order valence-electron chi connectivity index (χ3n) is 6.28. The fourth-order valence-electron chi connectivity index (χ4n) is 4.74. The lowest BCUT2D eigenvalue weighted by Crippen LogP contribution is -2.54. The first-order valence-corrected chi connectivity index (χ1v) is 10.8. The topological polar surface area (TPSA) is 0 Å². The molecule has 2 aliphatic heterocycles. The van der Waals surface area contributed by atoms with Crippen LogP contribution >= 0.6 is 22.7 Å². The first-order chi connectivity index (χ1) is 11.4. The van der Waals surface area contributed by atoms with E-state index in [1.807, 2.05) is 22.7 Å². The highest BCUT2D eigenvalue weighted by Gasteiger charge is 2.48. The summed E-state index contributed by atoms with van der Waals surface area (Å²) in [6.07, 6.45) is 8.20. The van der Waals surface area contributed by atoms with Crippen LogP contribution in [0.15, 0.2) is 30.3 Å². The predicted octanol–water partition coefficient (Wildman–Crippen LogP) is 5.88. The Labute approximate surface area is 154 Å². The maximum absolute atomic E-state index is 2.63. The molecule has 2 aromatic rings. The minimum atomic E-state index is 0.744. The van der Waals surface area contributed by atoms with Gasteiger partial charge in [-0.05, 0) is 44.0 Å². The smallest absolute Gasteiger partial charge is 0.0896 e. The number of hydrogen-bond donors (Lipinski definition) is 0. The van der Waals surface area contributed by atoms with Crippen molar-refractivity contribution in [3.8, 4) is 0 Å². The summed E-state index contributed by atoms with van der Waals surface area (Å²) in [5, 5.41) is 0. The van der Waals surface area contributed by atoms with Gasteiger partial charge in [0, 0.05) is 50.8 Å². The number of aryl methyl sites for hydroxylation is 2. The first kappa shape index (κ1) is 16.6. The number of fused-ring (bicyclic) bond motifs is 2. The third kappa shape index (κ3) is 2.91. The SMILES string of the molecule is Cc1ccc(C(=CC2CC3CCC(C2)[N+]3(C)C)c2ccc(C)s2)s1. The molecule has 0 N–H and O–H groups in total. The van der Waals surface area contributed by atoms with Crippen molar-refractivity contribution in [1.29, 1.82) is 0 Å². The van der Waals surface area contributed by atoms with E-state index in [9.17, 15) is 0 Å². The second-order valence-electron chi connectivity index (χ2n) is 8.15. The molecule has 3 heteroatoms. The van der Waals surface area contributed by atoms with Crippen molar-refractivity contribution < 1.29 is 4.48 Å². The Hall–Kier alpha value is -0.900. The summed E-state index contributed by atoms with van der Waals surface area (Å²) in [6, 6.07) is 10.9. The molecule has 0 aromatic carbocycles. The summed E-state index contributed by atoms with van der Waals surface area (Å²) in [6.45, 7) is 4.43. The molecule has 2 saturated heterocycles. The summed E-state index contributed by atoms with van der Waals surface area (Å²) >= 11 is 3.88. The minimum Gasteiger partial charge on any atom is -0.324 e. The van der Waals surface area contributed by atoms with E-state index < -0.39 is 0 Å². The van der Waals surface area contributed by atoms with Crippen LogP contribution < -0.4 is 0 Å². The Bertz CT molecular complexity index is 706. The van der Waals surface area contributed by atoms with Crippen molar-refractivity contribution in [3.63, 3.8) is 0 Å². The number of allylic oxidation sites excluding steroid dienone is 1. The average molecular weight is 359 g/mol. The van der Waals surface area contributed by atoms with Gasteiger partial charge in [0.25, 0.3) is 0 Å². The van der Waals surface area contributed by atoms with Crippen LogP contribution in [0.3, 0.4) is 0 Å². The van der Waals surface area contributed by atoms with E-state index in [4.69, 9.17) is 0 Å². The van der Waals surface area contributed by atoms with Crippen LogP contribution in [0, 0.1) is 19.8 Å². The number of thiophene rings is 2. The molecule has 2 aliphatic rings. The molecule has 128 valence electrons. The Kier molecular flexibility index (Phi) is 4.22. The van der Waals surface area contributed by atoms with Crippen molar-refractivity contribution in [2.75, 3.05) is 14.1 Å². The van der Waals surface area contributed by atoms with Gasteiger partial charge in [-0.25, -0.2) is 0 Å². The van der Waals surface area contributed by atoms with Gasteiger partial charge in [-0.3, -0.25) is 0 Å². The van der Waals surface area contributed by atoms with E-state index in [1.165, 1.54) is 55.2 Å². The van der Waals surface area contributed by atoms with Gasteiger partial charge < -0.3 is 4.48 Å². The monoisotopic (exact) mass is 358 g/mol. The zero-order chi connectivity index (χ0) is 16.9. The normalized spacial score (nSPS) is 28.1. The Balaban J connectivity index is 1.68. The van der Waals surface area contributed by atoms with Gasteiger partial charge in [-0.1, -0.05) is 6.08 Å². The van der Waals surface area contributed by atoms with Crippen molar-refractivity contribution >= 4 is 28.2 Å². The van der Waals surface area contributed by atoms with E-state index in [0.717, 1.165) is 18.0 Å². The van der Waals surface area contributed by atoms with Crippen LogP contribution in [0.4, 0.5) is 0 Å². The number of hydrogen-bond acceptors (Lipinski definition) is 2. The lowest BCUT2D eigenvalue weighted by Gasteiger charge is -2.43. The van der Waals surface area contributed by atoms with Gasteiger partial charge in [-0.2, -0.15) is 0 Å². The molecular weight excluding hydrogens is 330 g/mol. The van der Waals surface area contributed by atoms with Crippen LogP contribution in [0.1, 0.15) is 45.2 Å². The largest absolute Gasteiger partial charge is 0.324 e. The Morgan fingerprint density at radius 2 is 1.42 bits per heavy atom. The lowest BCUT2D eigenvalue weighted by molar-refractivity contribution is -0.931. The van der Waals surface area contributed by atoms with Gasteiger partial charge in [-0.15, -0.1) is 22.7 Å². The molecule has 2 aromatic heterocycles.